The second kappa shape index (κ2) is 5.59. The molecule has 0 amide bonds. The molecule has 0 fully saturated rings. The van der Waals surface area contributed by atoms with Crippen LogP contribution in [-0.4, -0.2) is 14.7 Å². The Labute approximate surface area is 112 Å². The van der Waals surface area contributed by atoms with Crippen molar-refractivity contribution in [2.24, 2.45) is 7.05 Å². The van der Waals surface area contributed by atoms with E-state index < -0.39 is 0 Å². The summed E-state index contributed by atoms with van der Waals surface area (Å²) >= 11 is 1.69. The van der Waals surface area contributed by atoms with Gasteiger partial charge in [0, 0.05) is 11.9 Å². The lowest BCUT2D eigenvalue weighted by Gasteiger charge is -2.08. The first-order chi connectivity index (χ1) is 8.63. The molecule has 0 unspecified atom stereocenters. The first-order valence-corrected chi connectivity index (χ1v) is 6.84. The molecule has 1 aromatic heterocycles. The number of hydrogen-bond acceptors (Lipinski definition) is 3. The van der Waals surface area contributed by atoms with E-state index in [1.54, 1.807) is 11.8 Å². The van der Waals surface area contributed by atoms with Crippen LogP contribution in [0, 0.1) is 0 Å². The molecule has 2 aromatic rings. The number of aliphatic hydroxyl groups excluding tert-OH is 1. The van der Waals surface area contributed by atoms with Crippen molar-refractivity contribution in [2.75, 3.05) is 0 Å². The summed E-state index contributed by atoms with van der Waals surface area (Å²) in [5, 5.41) is 10.4. The second-order valence-electron chi connectivity index (χ2n) is 4.51. The summed E-state index contributed by atoms with van der Waals surface area (Å²) in [5.41, 5.74) is 1.05. The predicted octanol–water partition coefficient (Wildman–Crippen LogP) is 3.19. The maximum absolute atomic E-state index is 9.31. The van der Waals surface area contributed by atoms with Crippen LogP contribution in [-0.2, 0) is 13.7 Å². The van der Waals surface area contributed by atoms with Crippen molar-refractivity contribution in [1.29, 1.82) is 0 Å². The molecule has 0 radical (unpaired) electrons. The van der Waals surface area contributed by atoms with Gasteiger partial charge in [0.05, 0.1) is 5.69 Å². The summed E-state index contributed by atoms with van der Waals surface area (Å²) < 4.78 is 1.98. The zero-order chi connectivity index (χ0) is 13.1. The smallest absolute Gasteiger partial charge is 0.135 e. The summed E-state index contributed by atoms with van der Waals surface area (Å²) in [6.07, 6.45) is 0. The third kappa shape index (κ3) is 2.60. The Morgan fingerprint density at radius 1 is 1.28 bits per heavy atom. The van der Waals surface area contributed by atoms with Gasteiger partial charge in [-0.2, -0.15) is 0 Å². The van der Waals surface area contributed by atoms with Crippen molar-refractivity contribution in [3.05, 3.63) is 41.9 Å². The Bertz CT molecular complexity index is 520. The molecule has 3 nitrogen and oxygen atoms in total. The van der Waals surface area contributed by atoms with E-state index in [9.17, 15) is 5.11 Å². The molecule has 0 spiro atoms. The average molecular weight is 262 g/mol. The Balaban J connectivity index is 2.40. The lowest BCUT2D eigenvalue weighted by molar-refractivity contribution is 0.266. The molecule has 1 N–H and O–H groups in total. The van der Waals surface area contributed by atoms with Gasteiger partial charge in [0.15, 0.2) is 0 Å². The molecule has 0 saturated heterocycles. The number of benzene rings is 1. The average Bonchev–Trinajstić information content (AvgIpc) is 2.68. The van der Waals surface area contributed by atoms with Crippen LogP contribution < -0.4 is 0 Å². The minimum absolute atomic E-state index is 0.0223. The second-order valence-corrected chi connectivity index (χ2v) is 5.57. The van der Waals surface area contributed by atoms with E-state index in [2.05, 4.69) is 31.0 Å². The molecule has 4 heteroatoms. The van der Waals surface area contributed by atoms with Crippen molar-refractivity contribution < 1.29 is 5.11 Å². The maximum Gasteiger partial charge on any atom is 0.135 e. The summed E-state index contributed by atoms with van der Waals surface area (Å²) in [5.74, 6) is 1.07. The van der Waals surface area contributed by atoms with Gasteiger partial charge in [-0.1, -0.05) is 43.8 Å². The normalized spacial score (nSPS) is 11.2. The van der Waals surface area contributed by atoms with Gasteiger partial charge >= 0.3 is 0 Å². The summed E-state index contributed by atoms with van der Waals surface area (Å²) in [6.45, 7) is 4.22. The third-order valence-corrected chi connectivity index (χ3v) is 3.99. The highest BCUT2D eigenvalue weighted by Crippen LogP contribution is 2.33. The number of nitrogens with zero attached hydrogens (tertiary/aromatic N) is 2. The molecule has 1 aromatic carbocycles. The molecular weight excluding hydrogens is 244 g/mol. The Morgan fingerprint density at radius 2 is 1.94 bits per heavy atom. The maximum atomic E-state index is 9.31. The van der Waals surface area contributed by atoms with Crippen LogP contribution in [0.2, 0.25) is 0 Å². The quantitative estimate of drug-likeness (QED) is 0.919. The van der Waals surface area contributed by atoms with Gasteiger partial charge in [0.2, 0.25) is 0 Å². The number of aromatic nitrogens is 2. The van der Waals surface area contributed by atoms with Gasteiger partial charge in [-0.15, -0.1) is 0 Å². The van der Waals surface area contributed by atoms with Gasteiger partial charge in [-0.25, -0.2) is 4.98 Å². The van der Waals surface area contributed by atoms with E-state index in [-0.39, 0.29) is 6.61 Å². The van der Waals surface area contributed by atoms with Crippen LogP contribution in [0.25, 0.3) is 0 Å². The highest BCUT2D eigenvalue weighted by molar-refractivity contribution is 7.99. The predicted molar refractivity (Wildman–Crippen MR) is 73.8 cm³/mol. The number of aliphatic hydroxyl groups is 1. The topological polar surface area (TPSA) is 38.1 Å². The standard InChI is InChI=1S/C14H18N2OS/c1-10(2)13-14(16(3)12(9-17)15-13)18-11-7-5-4-6-8-11/h4-8,10,17H,9H2,1-3H3. The minimum Gasteiger partial charge on any atom is -0.388 e. The SMILES string of the molecule is CC(C)c1nc(CO)n(C)c1Sc1ccccc1. The van der Waals surface area contributed by atoms with Crippen LogP contribution >= 0.6 is 11.8 Å². The Kier molecular flexibility index (Phi) is 4.09. The van der Waals surface area contributed by atoms with Gasteiger partial charge in [0.25, 0.3) is 0 Å². The lowest BCUT2D eigenvalue weighted by Crippen LogP contribution is -1.98. The van der Waals surface area contributed by atoms with Gasteiger partial charge in [0.1, 0.15) is 17.5 Å². The van der Waals surface area contributed by atoms with Crippen molar-refractivity contribution in [2.45, 2.75) is 36.3 Å². The zero-order valence-corrected chi connectivity index (χ0v) is 11.7. The fraction of sp³-hybridized carbons (Fsp3) is 0.357. The molecular formula is C14H18N2OS. The molecule has 18 heavy (non-hydrogen) atoms. The van der Waals surface area contributed by atoms with E-state index in [0.29, 0.717) is 5.92 Å². The van der Waals surface area contributed by atoms with Crippen molar-refractivity contribution in [3.63, 3.8) is 0 Å². The number of hydrogen-bond donors (Lipinski definition) is 1. The summed E-state index contributed by atoms with van der Waals surface area (Å²) in [7, 11) is 1.95. The van der Waals surface area contributed by atoms with Crippen LogP contribution in [0.15, 0.2) is 40.3 Å². The number of imidazole rings is 1. The molecule has 0 saturated carbocycles. The van der Waals surface area contributed by atoms with E-state index in [0.717, 1.165) is 16.5 Å². The van der Waals surface area contributed by atoms with E-state index >= 15 is 0 Å². The molecule has 2 rings (SSSR count). The highest BCUT2D eigenvalue weighted by atomic mass is 32.2. The largest absolute Gasteiger partial charge is 0.388 e. The van der Waals surface area contributed by atoms with Gasteiger partial charge < -0.3 is 9.67 Å². The fourth-order valence-corrected chi connectivity index (χ4v) is 2.93. The molecule has 0 aliphatic heterocycles. The van der Waals surface area contributed by atoms with Crippen molar-refractivity contribution >= 4 is 11.8 Å². The van der Waals surface area contributed by atoms with E-state index in [4.69, 9.17) is 0 Å². The van der Waals surface area contributed by atoms with Crippen LogP contribution in [0.4, 0.5) is 0 Å². The van der Waals surface area contributed by atoms with Crippen LogP contribution in [0.1, 0.15) is 31.3 Å². The van der Waals surface area contributed by atoms with Crippen molar-refractivity contribution in [3.8, 4) is 0 Å². The van der Waals surface area contributed by atoms with E-state index in [1.807, 2.05) is 29.8 Å². The molecule has 0 bridgehead atoms. The minimum atomic E-state index is -0.0223. The zero-order valence-electron chi connectivity index (χ0n) is 10.9. The fourth-order valence-electron chi connectivity index (χ4n) is 1.79. The molecule has 1 heterocycles. The van der Waals surface area contributed by atoms with Crippen molar-refractivity contribution in [1.82, 2.24) is 9.55 Å². The third-order valence-electron chi connectivity index (χ3n) is 2.81. The Morgan fingerprint density at radius 3 is 2.50 bits per heavy atom. The van der Waals surface area contributed by atoms with Gasteiger partial charge in [-0.3, -0.25) is 0 Å². The highest BCUT2D eigenvalue weighted by Gasteiger charge is 2.17. The van der Waals surface area contributed by atoms with Gasteiger partial charge in [-0.05, 0) is 18.1 Å². The number of rotatable bonds is 4. The Hall–Kier alpha value is -1.26. The van der Waals surface area contributed by atoms with Crippen LogP contribution in [0.5, 0.6) is 0 Å². The van der Waals surface area contributed by atoms with Crippen LogP contribution in [0.3, 0.4) is 0 Å². The summed E-state index contributed by atoms with van der Waals surface area (Å²) in [4.78, 5) is 5.70. The molecule has 96 valence electrons. The molecule has 0 atom stereocenters. The lowest BCUT2D eigenvalue weighted by atomic mass is 10.2. The monoisotopic (exact) mass is 262 g/mol. The first kappa shape index (κ1) is 13.2. The molecule has 0 aliphatic rings. The first-order valence-electron chi connectivity index (χ1n) is 6.02. The van der Waals surface area contributed by atoms with E-state index in [1.165, 1.54) is 4.90 Å². The molecule has 0 aliphatic carbocycles. The summed E-state index contributed by atoms with van der Waals surface area (Å²) in [6, 6.07) is 10.2.